The van der Waals surface area contributed by atoms with Gasteiger partial charge in [-0.15, -0.1) is 0 Å². The molecule has 1 aromatic carbocycles. The molecule has 4 heteroatoms. The maximum absolute atomic E-state index is 12.5. The van der Waals surface area contributed by atoms with E-state index in [9.17, 15) is 14.7 Å². The SMILES string of the molecule is CC1=CC[C@@H]2C(=O)N(c3ccc(O)cc3C)C(=O)[C@@H]2C1. The van der Waals surface area contributed by atoms with Crippen molar-refractivity contribution in [1.82, 2.24) is 0 Å². The second kappa shape index (κ2) is 4.47. The normalized spacial score (nSPS) is 25.7. The number of phenolic OH excluding ortho intramolecular Hbond substituents is 1. The molecule has 1 saturated heterocycles. The molecule has 0 bridgehead atoms. The third kappa shape index (κ3) is 1.83. The molecule has 1 heterocycles. The lowest BCUT2D eigenvalue weighted by Crippen LogP contribution is -2.31. The summed E-state index contributed by atoms with van der Waals surface area (Å²) in [5.41, 5.74) is 2.50. The van der Waals surface area contributed by atoms with Crippen LogP contribution in [-0.2, 0) is 9.59 Å². The molecule has 0 saturated carbocycles. The Kier molecular flexibility index (Phi) is 2.89. The number of imide groups is 1. The van der Waals surface area contributed by atoms with Crippen molar-refractivity contribution in [2.75, 3.05) is 4.90 Å². The Morgan fingerprint density at radius 2 is 1.85 bits per heavy atom. The fraction of sp³-hybridized carbons (Fsp3) is 0.375. The fourth-order valence-electron chi connectivity index (χ4n) is 3.17. The monoisotopic (exact) mass is 271 g/mol. The van der Waals surface area contributed by atoms with Gasteiger partial charge in [-0.2, -0.15) is 0 Å². The van der Waals surface area contributed by atoms with Crippen LogP contribution in [0.1, 0.15) is 25.3 Å². The molecule has 1 fully saturated rings. The number of fused-ring (bicyclic) bond motifs is 1. The van der Waals surface area contributed by atoms with Crippen LogP contribution < -0.4 is 4.90 Å². The first-order valence-electron chi connectivity index (χ1n) is 6.82. The Morgan fingerprint density at radius 1 is 1.15 bits per heavy atom. The molecule has 2 amide bonds. The zero-order valence-corrected chi connectivity index (χ0v) is 11.6. The molecule has 1 N–H and O–H groups in total. The number of carbonyl (C=O) groups is 2. The smallest absolute Gasteiger partial charge is 0.238 e. The van der Waals surface area contributed by atoms with Crippen LogP contribution in [0.5, 0.6) is 5.75 Å². The topological polar surface area (TPSA) is 57.6 Å². The Hall–Kier alpha value is -2.10. The van der Waals surface area contributed by atoms with Crippen molar-refractivity contribution in [2.45, 2.75) is 26.7 Å². The highest BCUT2D eigenvalue weighted by Gasteiger charge is 2.48. The van der Waals surface area contributed by atoms with Crippen LogP contribution in [0.15, 0.2) is 29.8 Å². The highest BCUT2D eigenvalue weighted by Crippen LogP contribution is 2.40. The van der Waals surface area contributed by atoms with Crippen LogP contribution in [0.2, 0.25) is 0 Å². The predicted octanol–water partition coefficient (Wildman–Crippen LogP) is 2.55. The summed E-state index contributed by atoms with van der Waals surface area (Å²) in [6, 6.07) is 4.72. The number of nitrogens with zero attached hydrogens (tertiary/aromatic N) is 1. The fourth-order valence-corrected chi connectivity index (χ4v) is 3.17. The highest BCUT2D eigenvalue weighted by molar-refractivity contribution is 6.22. The molecule has 1 aromatic rings. The van der Waals surface area contributed by atoms with E-state index in [1.807, 2.05) is 6.92 Å². The summed E-state index contributed by atoms with van der Waals surface area (Å²) >= 11 is 0. The Balaban J connectivity index is 2.00. The van der Waals surface area contributed by atoms with Crippen molar-refractivity contribution in [2.24, 2.45) is 11.8 Å². The van der Waals surface area contributed by atoms with Crippen LogP contribution in [-0.4, -0.2) is 16.9 Å². The largest absolute Gasteiger partial charge is 0.508 e. The van der Waals surface area contributed by atoms with Crippen molar-refractivity contribution >= 4 is 17.5 Å². The number of allylic oxidation sites excluding steroid dienone is 2. The number of hydrogen-bond acceptors (Lipinski definition) is 3. The van der Waals surface area contributed by atoms with Gasteiger partial charge < -0.3 is 5.11 Å². The summed E-state index contributed by atoms with van der Waals surface area (Å²) in [4.78, 5) is 26.4. The van der Waals surface area contributed by atoms with Gasteiger partial charge in [-0.05, 0) is 50.5 Å². The van der Waals surface area contributed by atoms with E-state index in [1.165, 1.54) is 16.5 Å². The lowest BCUT2D eigenvalue weighted by Gasteiger charge is -2.19. The van der Waals surface area contributed by atoms with Crippen LogP contribution in [0, 0.1) is 18.8 Å². The van der Waals surface area contributed by atoms with Crippen molar-refractivity contribution in [3.63, 3.8) is 0 Å². The van der Waals surface area contributed by atoms with E-state index in [0.717, 1.165) is 5.56 Å². The summed E-state index contributed by atoms with van der Waals surface area (Å²) in [5, 5.41) is 9.46. The number of hydrogen-bond donors (Lipinski definition) is 1. The van der Waals surface area contributed by atoms with E-state index in [-0.39, 0.29) is 29.4 Å². The van der Waals surface area contributed by atoms with Gasteiger partial charge in [-0.3, -0.25) is 9.59 Å². The van der Waals surface area contributed by atoms with Crippen molar-refractivity contribution in [1.29, 1.82) is 0 Å². The van der Waals surface area contributed by atoms with Crippen LogP contribution in [0.4, 0.5) is 5.69 Å². The minimum atomic E-state index is -0.223. The van der Waals surface area contributed by atoms with Gasteiger partial charge in [0, 0.05) is 0 Å². The van der Waals surface area contributed by atoms with E-state index in [4.69, 9.17) is 0 Å². The predicted molar refractivity (Wildman–Crippen MR) is 75.3 cm³/mol. The maximum atomic E-state index is 12.5. The molecule has 0 spiro atoms. The zero-order valence-electron chi connectivity index (χ0n) is 11.6. The minimum Gasteiger partial charge on any atom is -0.508 e. The van der Waals surface area contributed by atoms with Gasteiger partial charge >= 0.3 is 0 Å². The van der Waals surface area contributed by atoms with Gasteiger partial charge in [-0.1, -0.05) is 11.6 Å². The van der Waals surface area contributed by atoms with Crippen molar-refractivity contribution in [3.8, 4) is 5.75 Å². The maximum Gasteiger partial charge on any atom is 0.238 e. The van der Waals surface area contributed by atoms with Gasteiger partial charge in [0.1, 0.15) is 5.75 Å². The molecule has 0 radical (unpaired) electrons. The first kappa shape index (κ1) is 12.9. The summed E-state index contributed by atoms with van der Waals surface area (Å²) in [6.45, 7) is 3.80. The van der Waals surface area contributed by atoms with Gasteiger partial charge in [-0.25, -0.2) is 4.90 Å². The summed E-state index contributed by atoms with van der Waals surface area (Å²) in [6.07, 6.45) is 3.37. The number of benzene rings is 1. The van der Waals surface area contributed by atoms with Crippen molar-refractivity contribution < 1.29 is 14.7 Å². The Morgan fingerprint density at radius 3 is 2.55 bits per heavy atom. The van der Waals surface area contributed by atoms with E-state index < -0.39 is 0 Å². The van der Waals surface area contributed by atoms with Crippen LogP contribution in [0.25, 0.3) is 0 Å². The third-order valence-electron chi connectivity index (χ3n) is 4.24. The average molecular weight is 271 g/mol. The number of aromatic hydroxyl groups is 1. The van der Waals surface area contributed by atoms with Gasteiger partial charge in [0.2, 0.25) is 11.8 Å². The summed E-state index contributed by atoms with van der Waals surface area (Å²) in [5.74, 6) is -0.529. The van der Waals surface area contributed by atoms with Gasteiger partial charge in [0.25, 0.3) is 0 Å². The number of carbonyl (C=O) groups excluding carboxylic acids is 2. The Labute approximate surface area is 117 Å². The van der Waals surface area contributed by atoms with E-state index >= 15 is 0 Å². The molecule has 1 aliphatic heterocycles. The lowest BCUT2D eigenvalue weighted by atomic mass is 9.82. The molecule has 2 atom stereocenters. The Bertz CT molecular complexity index is 633. The molecule has 1 aliphatic carbocycles. The number of phenols is 1. The summed E-state index contributed by atoms with van der Waals surface area (Å²) < 4.78 is 0. The average Bonchev–Trinajstić information content (AvgIpc) is 2.63. The number of amides is 2. The second-order valence-electron chi connectivity index (χ2n) is 5.69. The molecule has 0 aromatic heterocycles. The highest BCUT2D eigenvalue weighted by atomic mass is 16.3. The van der Waals surface area contributed by atoms with Gasteiger partial charge in [0.15, 0.2) is 0 Å². The van der Waals surface area contributed by atoms with Crippen LogP contribution >= 0.6 is 0 Å². The molecule has 20 heavy (non-hydrogen) atoms. The quantitative estimate of drug-likeness (QED) is 0.631. The zero-order chi connectivity index (χ0) is 14.4. The summed E-state index contributed by atoms with van der Waals surface area (Å²) in [7, 11) is 0. The molecular formula is C16H17NO3. The first-order chi connectivity index (χ1) is 9.49. The van der Waals surface area contributed by atoms with Crippen molar-refractivity contribution in [3.05, 3.63) is 35.4 Å². The molecule has 4 nitrogen and oxygen atoms in total. The molecule has 2 aliphatic rings. The lowest BCUT2D eigenvalue weighted by molar-refractivity contribution is -0.122. The molecule has 104 valence electrons. The second-order valence-corrected chi connectivity index (χ2v) is 5.69. The molecular weight excluding hydrogens is 254 g/mol. The molecule has 0 unspecified atom stereocenters. The minimum absolute atomic E-state index is 0.110. The van der Waals surface area contributed by atoms with E-state index in [1.54, 1.807) is 19.1 Å². The standard InChI is InChI=1S/C16H17NO3/c1-9-3-5-12-13(7-9)16(20)17(15(12)19)14-6-4-11(18)8-10(14)2/h3-4,6,8,12-13,18H,5,7H2,1-2H3/t12-,13+/m0/s1. The van der Waals surface area contributed by atoms with E-state index in [2.05, 4.69) is 6.08 Å². The van der Waals surface area contributed by atoms with Gasteiger partial charge in [0.05, 0.1) is 17.5 Å². The number of rotatable bonds is 1. The van der Waals surface area contributed by atoms with Crippen LogP contribution in [0.3, 0.4) is 0 Å². The number of aryl methyl sites for hydroxylation is 1. The van der Waals surface area contributed by atoms with E-state index in [0.29, 0.717) is 18.5 Å². The number of anilines is 1. The third-order valence-corrected chi connectivity index (χ3v) is 4.24. The molecule has 3 rings (SSSR count). The first-order valence-corrected chi connectivity index (χ1v) is 6.82.